The summed E-state index contributed by atoms with van der Waals surface area (Å²) in [6, 6.07) is 13.7. The number of ether oxygens (including phenoxy) is 1. The maximum Gasteiger partial charge on any atom is 0.387 e. The number of carbonyl (C=O) groups excluding carboxylic acids is 1. The van der Waals surface area contributed by atoms with E-state index in [-0.39, 0.29) is 17.4 Å². The molecule has 3 rings (SSSR count). The van der Waals surface area contributed by atoms with Gasteiger partial charge in [0.25, 0.3) is 0 Å². The Morgan fingerprint density at radius 2 is 1.84 bits per heavy atom. The molecule has 0 bridgehead atoms. The highest BCUT2D eigenvalue weighted by atomic mass is 32.2. The summed E-state index contributed by atoms with van der Waals surface area (Å²) < 4.78 is 30.1. The first kappa shape index (κ1) is 22.5. The molecule has 164 valence electrons. The molecule has 3 aromatic rings. The zero-order chi connectivity index (χ0) is 22.4. The average molecular weight is 448 g/mol. The lowest BCUT2D eigenvalue weighted by molar-refractivity contribution is -0.113. The third kappa shape index (κ3) is 5.94. The van der Waals surface area contributed by atoms with Gasteiger partial charge in [-0.25, -0.2) is 4.68 Å². The van der Waals surface area contributed by atoms with Gasteiger partial charge in [-0.1, -0.05) is 37.7 Å². The molecule has 0 saturated carbocycles. The lowest BCUT2D eigenvalue weighted by Crippen LogP contribution is -2.16. The molecule has 7 nitrogen and oxygen atoms in total. The van der Waals surface area contributed by atoms with Gasteiger partial charge >= 0.3 is 6.61 Å². The SMILES string of the molecule is CC[C@@H](C)c1ccc(NC(=O)CSc2nnc(-c3ccc(OC(F)F)cc3)n2N)cc1. The largest absolute Gasteiger partial charge is 0.435 e. The number of anilines is 1. The van der Waals surface area contributed by atoms with Crippen molar-refractivity contribution >= 4 is 23.4 Å². The van der Waals surface area contributed by atoms with Crippen LogP contribution >= 0.6 is 11.8 Å². The fraction of sp³-hybridized carbons (Fsp3) is 0.286. The van der Waals surface area contributed by atoms with Gasteiger partial charge in [0.05, 0.1) is 5.75 Å². The minimum Gasteiger partial charge on any atom is -0.435 e. The Labute approximate surface area is 183 Å². The number of thioether (sulfide) groups is 1. The number of nitrogens with two attached hydrogens (primary N) is 1. The summed E-state index contributed by atoms with van der Waals surface area (Å²) in [5.41, 5.74) is 2.53. The lowest BCUT2D eigenvalue weighted by Gasteiger charge is -2.10. The average Bonchev–Trinajstić information content (AvgIpc) is 3.12. The van der Waals surface area contributed by atoms with Crippen LogP contribution in [0.25, 0.3) is 11.4 Å². The highest BCUT2D eigenvalue weighted by Gasteiger charge is 2.15. The third-order valence-corrected chi connectivity index (χ3v) is 5.65. The Morgan fingerprint density at radius 1 is 1.16 bits per heavy atom. The van der Waals surface area contributed by atoms with Crippen LogP contribution < -0.4 is 15.9 Å². The van der Waals surface area contributed by atoms with Crippen molar-refractivity contribution < 1.29 is 18.3 Å². The first-order valence-corrected chi connectivity index (χ1v) is 10.6. The first-order chi connectivity index (χ1) is 14.9. The molecule has 0 aliphatic rings. The first-order valence-electron chi connectivity index (χ1n) is 9.65. The Balaban J connectivity index is 1.57. The van der Waals surface area contributed by atoms with E-state index in [0.29, 0.717) is 22.5 Å². The van der Waals surface area contributed by atoms with Gasteiger partial charge in [0, 0.05) is 11.3 Å². The van der Waals surface area contributed by atoms with E-state index in [4.69, 9.17) is 5.84 Å². The van der Waals surface area contributed by atoms with Crippen LogP contribution in [0.15, 0.2) is 53.7 Å². The molecule has 0 spiro atoms. The molecule has 1 amide bonds. The van der Waals surface area contributed by atoms with E-state index < -0.39 is 6.61 Å². The van der Waals surface area contributed by atoms with Crippen LogP contribution in [0.4, 0.5) is 14.5 Å². The molecule has 0 aliphatic carbocycles. The Hall–Kier alpha value is -3.14. The number of amides is 1. The van der Waals surface area contributed by atoms with Gasteiger partial charge in [-0.05, 0) is 54.3 Å². The summed E-state index contributed by atoms with van der Waals surface area (Å²) in [5, 5.41) is 11.2. The molecule has 1 aromatic heterocycles. The molecule has 0 saturated heterocycles. The molecule has 1 heterocycles. The normalized spacial score (nSPS) is 12.0. The van der Waals surface area contributed by atoms with Crippen molar-refractivity contribution in [3.63, 3.8) is 0 Å². The van der Waals surface area contributed by atoms with Crippen molar-refractivity contribution in [2.45, 2.75) is 38.0 Å². The predicted molar refractivity (Wildman–Crippen MR) is 117 cm³/mol. The fourth-order valence-corrected chi connectivity index (χ4v) is 3.47. The van der Waals surface area contributed by atoms with Gasteiger partial charge in [0.15, 0.2) is 5.82 Å². The number of nitrogens with zero attached hydrogens (tertiary/aromatic N) is 3. The smallest absolute Gasteiger partial charge is 0.387 e. The topological polar surface area (TPSA) is 95.1 Å². The van der Waals surface area contributed by atoms with Crippen molar-refractivity contribution in [2.24, 2.45) is 0 Å². The van der Waals surface area contributed by atoms with Gasteiger partial charge in [0.2, 0.25) is 11.1 Å². The zero-order valence-corrected chi connectivity index (χ0v) is 17.9. The van der Waals surface area contributed by atoms with E-state index >= 15 is 0 Å². The van der Waals surface area contributed by atoms with Crippen LogP contribution in [-0.4, -0.2) is 33.1 Å². The maximum atomic E-state index is 12.3. The molecule has 2 aromatic carbocycles. The molecular weight excluding hydrogens is 424 g/mol. The minimum absolute atomic E-state index is 0.0327. The maximum absolute atomic E-state index is 12.3. The standard InChI is InChI=1S/C21H23F2N5O2S/c1-3-13(2)14-4-8-16(9-5-14)25-18(29)12-31-21-27-26-19(28(21)24)15-6-10-17(11-7-15)30-20(22)23/h4-11,13,20H,3,12,24H2,1-2H3,(H,25,29)/t13-/m1/s1. The summed E-state index contributed by atoms with van der Waals surface area (Å²) in [6.07, 6.45) is 1.05. The minimum atomic E-state index is -2.89. The Bertz CT molecular complexity index is 1010. The number of nitrogen functional groups attached to an aromatic ring is 1. The zero-order valence-electron chi connectivity index (χ0n) is 17.1. The van der Waals surface area contributed by atoms with Crippen LogP contribution in [0.3, 0.4) is 0 Å². The van der Waals surface area contributed by atoms with Crippen LogP contribution in [0, 0.1) is 0 Å². The summed E-state index contributed by atoms with van der Waals surface area (Å²) in [4.78, 5) is 12.3. The molecule has 3 N–H and O–H groups in total. The van der Waals surface area contributed by atoms with Crippen LogP contribution in [-0.2, 0) is 4.79 Å². The number of hydrogen-bond acceptors (Lipinski definition) is 6. The van der Waals surface area contributed by atoms with Crippen molar-refractivity contribution in [1.82, 2.24) is 14.9 Å². The number of halogens is 2. The molecule has 31 heavy (non-hydrogen) atoms. The summed E-state index contributed by atoms with van der Waals surface area (Å²) in [7, 11) is 0. The lowest BCUT2D eigenvalue weighted by atomic mass is 9.99. The second kappa shape index (κ2) is 10.3. The van der Waals surface area contributed by atoms with E-state index in [9.17, 15) is 13.6 Å². The van der Waals surface area contributed by atoms with Crippen LogP contribution in [0.5, 0.6) is 5.75 Å². The molecule has 0 fully saturated rings. The van der Waals surface area contributed by atoms with E-state index in [1.807, 2.05) is 24.3 Å². The number of nitrogens with one attached hydrogen (secondary N) is 1. The van der Waals surface area contributed by atoms with E-state index in [2.05, 4.69) is 34.1 Å². The monoisotopic (exact) mass is 447 g/mol. The third-order valence-electron chi connectivity index (χ3n) is 4.71. The van der Waals surface area contributed by atoms with Crippen molar-refractivity contribution in [3.05, 3.63) is 54.1 Å². The number of hydrogen-bond donors (Lipinski definition) is 2. The van der Waals surface area contributed by atoms with Crippen LogP contribution in [0.1, 0.15) is 31.7 Å². The number of rotatable bonds is 9. The molecule has 0 unspecified atom stereocenters. The molecule has 1 atom stereocenters. The summed E-state index contributed by atoms with van der Waals surface area (Å²) >= 11 is 1.14. The second-order valence-electron chi connectivity index (χ2n) is 6.85. The van der Waals surface area contributed by atoms with E-state index in [1.165, 1.54) is 22.4 Å². The highest BCUT2D eigenvalue weighted by molar-refractivity contribution is 7.99. The summed E-state index contributed by atoms with van der Waals surface area (Å²) in [6.45, 7) is 1.40. The quantitative estimate of drug-likeness (QED) is 0.370. The van der Waals surface area contributed by atoms with Crippen molar-refractivity contribution in [2.75, 3.05) is 16.9 Å². The Morgan fingerprint density at radius 3 is 2.45 bits per heavy atom. The van der Waals surface area contributed by atoms with E-state index in [1.54, 1.807) is 12.1 Å². The molecular formula is C21H23F2N5O2S. The van der Waals surface area contributed by atoms with Gasteiger partial charge in [-0.3, -0.25) is 4.79 Å². The Kier molecular flexibility index (Phi) is 7.45. The van der Waals surface area contributed by atoms with E-state index in [0.717, 1.165) is 23.9 Å². The second-order valence-corrected chi connectivity index (χ2v) is 7.79. The van der Waals surface area contributed by atoms with Crippen molar-refractivity contribution in [3.8, 4) is 17.1 Å². The van der Waals surface area contributed by atoms with Gasteiger partial charge in [-0.15, -0.1) is 10.2 Å². The number of aromatic nitrogens is 3. The highest BCUT2D eigenvalue weighted by Crippen LogP contribution is 2.25. The van der Waals surface area contributed by atoms with Crippen molar-refractivity contribution in [1.29, 1.82) is 0 Å². The number of alkyl halides is 2. The number of benzene rings is 2. The molecule has 0 radical (unpaired) electrons. The summed E-state index contributed by atoms with van der Waals surface area (Å²) in [5.74, 6) is 6.79. The van der Waals surface area contributed by atoms with Gasteiger partial charge in [0.1, 0.15) is 5.75 Å². The molecule has 0 aliphatic heterocycles. The van der Waals surface area contributed by atoms with Crippen LogP contribution in [0.2, 0.25) is 0 Å². The fourth-order valence-electron chi connectivity index (χ4n) is 2.82. The predicted octanol–water partition coefficient (Wildman–Crippen LogP) is 4.50. The van der Waals surface area contributed by atoms with Gasteiger partial charge < -0.3 is 15.9 Å². The van der Waals surface area contributed by atoms with Gasteiger partial charge in [-0.2, -0.15) is 8.78 Å². The molecule has 10 heteroatoms. The number of carbonyl (C=O) groups is 1.